The van der Waals surface area contributed by atoms with Crippen LogP contribution >= 0.6 is 0 Å². The minimum absolute atomic E-state index is 0.152. The van der Waals surface area contributed by atoms with Crippen molar-refractivity contribution in [2.24, 2.45) is 0 Å². The number of benzene rings is 2. The fourth-order valence-corrected chi connectivity index (χ4v) is 4.54. The van der Waals surface area contributed by atoms with Crippen LogP contribution < -0.4 is 10.4 Å². The number of hydrogen-bond acceptors (Lipinski definition) is 5. The summed E-state index contributed by atoms with van der Waals surface area (Å²) < 4.78 is 32.5. The maximum Gasteiger partial charge on any atom is 0.269 e. The Morgan fingerprint density at radius 2 is 1.78 bits per heavy atom. The summed E-state index contributed by atoms with van der Waals surface area (Å²) in [6.45, 7) is 3.11. The quantitative estimate of drug-likeness (QED) is 0.789. The molecule has 144 valence electrons. The summed E-state index contributed by atoms with van der Waals surface area (Å²) in [7, 11) is -1.94. The van der Waals surface area contributed by atoms with E-state index in [1.54, 1.807) is 31.1 Å². The van der Waals surface area contributed by atoms with E-state index in [1.165, 1.54) is 10.4 Å². The highest BCUT2D eigenvalue weighted by molar-refractivity contribution is 7.89. The zero-order valence-corrected chi connectivity index (χ0v) is 16.2. The number of nitrogens with zero attached hydrogens (tertiary/aromatic N) is 2. The topological polar surface area (TPSA) is 79.0 Å². The predicted octanol–water partition coefficient (Wildman–Crippen LogP) is 1.80. The number of ether oxygens (including phenoxy) is 1. The van der Waals surface area contributed by atoms with Gasteiger partial charge in [0.2, 0.25) is 10.0 Å². The van der Waals surface area contributed by atoms with E-state index in [-0.39, 0.29) is 16.4 Å². The van der Waals surface area contributed by atoms with Gasteiger partial charge in [0.05, 0.1) is 23.8 Å². The average Bonchev–Trinajstić information content (AvgIpc) is 2.69. The summed E-state index contributed by atoms with van der Waals surface area (Å²) in [6, 6.07) is 14.1. The smallest absolute Gasteiger partial charge is 0.269 e. The maximum absolute atomic E-state index is 13.0. The number of sulfonamides is 1. The highest BCUT2D eigenvalue weighted by Crippen LogP contribution is 2.22. The molecule has 8 heteroatoms. The monoisotopic (exact) mass is 389 g/mol. The third-order valence-corrected chi connectivity index (χ3v) is 6.49. The van der Waals surface area contributed by atoms with E-state index in [2.05, 4.69) is 5.43 Å². The molecule has 0 aliphatic carbocycles. The highest BCUT2D eigenvalue weighted by Gasteiger charge is 2.28. The molecule has 0 aromatic heterocycles. The number of rotatable bonds is 5. The van der Waals surface area contributed by atoms with Gasteiger partial charge in [0.1, 0.15) is 0 Å². The molecule has 1 heterocycles. The minimum Gasteiger partial charge on any atom is -0.379 e. The van der Waals surface area contributed by atoms with Gasteiger partial charge >= 0.3 is 0 Å². The number of amides is 1. The molecule has 1 aliphatic rings. The lowest BCUT2D eigenvalue weighted by Gasteiger charge is -2.27. The van der Waals surface area contributed by atoms with E-state index in [1.807, 2.05) is 30.3 Å². The number of anilines is 1. The van der Waals surface area contributed by atoms with E-state index >= 15 is 0 Å². The van der Waals surface area contributed by atoms with Gasteiger partial charge in [-0.15, -0.1) is 0 Å². The summed E-state index contributed by atoms with van der Waals surface area (Å²) in [5, 5.41) is 1.60. The zero-order chi connectivity index (χ0) is 19.4. The molecule has 0 unspecified atom stereocenters. The predicted molar refractivity (Wildman–Crippen MR) is 103 cm³/mol. The number of hydrazine groups is 1. The van der Waals surface area contributed by atoms with Crippen LogP contribution in [0.3, 0.4) is 0 Å². The van der Waals surface area contributed by atoms with Crippen LogP contribution in [0.15, 0.2) is 53.4 Å². The third-order valence-electron chi connectivity index (χ3n) is 4.45. The Labute approximate surface area is 159 Å². The standard InChI is InChI=1S/C19H23N3O4S/c1-15-8-9-16(19(23)20-21(2)17-6-4-3-5-7-17)14-18(15)27(24,25)22-10-12-26-13-11-22/h3-9,14H,10-13H2,1-2H3,(H,20,23). The van der Waals surface area contributed by atoms with Crippen LogP contribution in [-0.4, -0.2) is 52.0 Å². The van der Waals surface area contributed by atoms with Crippen molar-refractivity contribution in [2.45, 2.75) is 11.8 Å². The summed E-state index contributed by atoms with van der Waals surface area (Å²) in [5.74, 6) is -0.375. The van der Waals surface area contributed by atoms with Crippen molar-refractivity contribution in [2.75, 3.05) is 38.4 Å². The lowest BCUT2D eigenvalue weighted by atomic mass is 10.1. The van der Waals surface area contributed by atoms with Crippen molar-refractivity contribution in [1.82, 2.24) is 9.73 Å². The third kappa shape index (κ3) is 4.29. The summed E-state index contributed by atoms with van der Waals surface area (Å²) in [4.78, 5) is 12.8. The van der Waals surface area contributed by atoms with Crippen molar-refractivity contribution in [3.8, 4) is 0 Å². The first-order valence-electron chi connectivity index (χ1n) is 8.68. The van der Waals surface area contributed by atoms with Gasteiger partial charge < -0.3 is 4.74 Å². The fraction of sp³-hybridized carbons (Fsp3) is 0.316. The lowest BCUT2D eigenvalue weighted by molar-refractivity contribution is 0.0730. The van der Waals surface area contributed by atoms with Crippen LogP contribution in [0.25, 0.3) is 0 Å². The summed E-state index contributed by atoms with van der Waals surface area (Å²) >= 11 is 0. The average molecular weight is 389 g/mol. The van der Waals surface area contributed by atoms with E-state index < -0.39 is 10.0 Å². The molecule has 1 N–H and O–H groups in total. The number of aryl methyl sites for hydroxylation is 1. The molecule has 0 radical (unpaired) electrons. The van der Waals surface area contributed by atoms with Gasteiger partial charge in [0.15, 0.2) is 0 Å². The number of carbonyl (C=O) groups excluding carboxylic acids is 1. The van der Waals surface area contributed by atoms with Crippen LogP contribution in [0, 0.1) is 6.92 Å². The highest BCUT2D eigenvalue weighted by atomic mass is 32.2. The van der Waals surface area contributed by atoms with Crippen molar-refractivity contribution in [3.63, 3.8) is 0 Å². The van der Waals surface area contributed by atoms with Gasteiger partial charge in [-0.3, -0.25) is 15.2 Å². The van der Waals surface area contributed by atoms with Gasteiger partial charge in [-0.1, -0.05) is 24.3 Å². The number of hydrogen-bond donors (Lipinski definition) is 1. The van der Waals surface area contributed by atoms with Crippen LogP contribution in [0.5, 0.6) is 0 Å². The van der Waals surface area contributed by atoms with E-state index in [9.17, 15) is 13.2 Å². The van der Waals surface area contributed by atoms with Crippen LogP contribution in [-0.2, 0) is 14.8 Å². The normalized spacial score (nSPS) is 15.3. The Morgan fingerprint density at radius 3 is 2.44 bits per heavy atom. The Morgan fingerprint density at radius 1 is 1.11 bits per heavy atom. The number of carbonyl (C=O) groups is 1. The van der Waals surface area contributed by atoms with Gasteiger partial charge in [-0.2, -0.15) is 4.31 Å². The van der Waals surface area contributed by atoms with E-state index in [4.69, 9.17) is 4.74 Å². The Bertz CT molecular complexity index is 910. The SMILES string of the molecule is Cc1ccc(C(=O)NN(C)c2ccccc2)cc1S(=O)(=O)N1CCOCC1. The van der Waals surface area contributed by atoms with E-state index in [0.717, 1.165) is 5.69 Å². The van der Waals surface area contributed by atoms with Crippen LogP contribution in [0.1, 0.15) is 15.9 Å². The maximum atomic E-state index is 13.0. The Kier molecular flexibility index (Phi) is 5.79. The minimum atomic E-state index is -3.67. The molecule has 27 heavy (non-hydrogen) atoms. The van der Waals surface area contributed by atoms with Crippen molar-refractivity contribution in [1.29, 1.82) is 0 Å². The van der Waals surface area contributed by atoms with Gasteiger partial charge in [0.25, 0.3) is 5.91 Å². The molecule has 2 aromatic carbocycles. The molecule has 0 saturated carbocycles. The largest absolute Gasteiger partial charge is 0.379 e. The summed E-state index contributed by atoms with van der Waals surface area (Å²) in [6.07, 6.45) is 0. The van der Waals surface area contributed by atoms with Crippen molar-refractivity contribution in [3.05, 3.63) is 59.7 Å². The van der Waals surface area contributed by atoms with E-state index in [0.29, 0.717) is 31.9 Å². The van der Waals surface area contributed by atoms with Gasteiger partial charge in [-0.25, -0.2) is 8.42 Å². The molecule has 2 aromatic rings. The van der Waals surface area contributed by atoms with Gasteiger partial charge in [-0.05, 0) is 36.8 Å². The second-order valence-electron chi connectivity index (χ2n) is 6.33. The first-order valence-corrected chi connectivity index (χ1v) is 10.1. The molecular weight excluding hydrogens is 366 g/mol. The molecule has 0 bridgehead atoms. The molecule has 1 fully saturated rings. The Hall–Kier alpha value is -2.42. The molecule has 3 rings (SSSR count). The van der Waals surface area contributed by atoms with Crippen molar-refractivity contribution >= 4 is 21.6 Å². The Balaban J connectivity index is 1.83. The van der Waals surface area contributed by atoms with Crippen LogP contribution in [0.2, 0.25) is 0 Å². The fourth-order valence-electron chi connectivity index (χ4n) is 2.88. The molecule has 0 spiro atoms. The molecule has 0 atom stereocenters. The summed E-state index contributed by atoms with van der Waals surface area (Å²) in [5.41, 5.74) is 4.47. The van der Waals surface area contributed by atoms with Crippen molar-refractivity contribution < 1.29 is 17.9 Å². The van der Waals surface area contributed by atoms with Gasteiger partial charge in [0, 0.05) is 25.7 Å². The molecule has 7 nitrogen and oxygen atoms in total. The number of nitrogens with one attached hydrogen (secondary N) is 1. The zero-order valence-electron chi connectivity index (χ0n) is 15.4. The van der Waals surface area contributed by atoms with Crippen LogP contribution in [0.4, 0.5) is 5.69 Å². The second kappa shape index (κ2) is 8.08. The first-order chi connectivity index (χ1) is 12.9. The first kappa shape index (κ1) is 19.3. The lowest BCUT2D eigenvalue weighted by Crippen LogP contribution is -2.41. The molecule has 1 saturated heterocycles. The molecular formula is C19H23N3O4S. The molecule has 1 amide bonds. The second-order valence-corrected chi connectivity index (χ2v) is 8.24. The number of morpholine rings is 1. The molecule has 1 aliphatic heterocycles. The number of para-hydroxylation sites is 1.